The highest BCUT2D eigenvalue weighted by Crippen LogP contribution is 2.35. The van der Waals surface area contributed by atoms with Crippen molar-refractivity contribution in [2.45, 2.75) is 45.6 Å². The highest BCUT2D eigenvalue weighted by molar-refractivity contribution is 6.01. The maximum Gasteiger partial charge on any atom is 0.329 e. The lowest BCUT2D eigenvalue weighted by atomic mass is 9.75. The van der Waals surface area contributed by atoms with Crippen molar-refractivity contribution in [3.63, 3.8) is 0 Å². The highest BCUT2D eigenvalue weighted by atomic mass is 16.2. The summed E-state index contributed by atoms with van der Waals surface area (Å²) >= 11 is 0. The van der Waals surface area contributed by atoms with E-state index in [4.69, 9.17) is 5.73 Å². The third-order valence-electron chi connectivity index (χ3n) is 5.58. The Bertz CT molecular complexity index is 736. The Morgan fingerprint density at radius 3 is 2.62 bits per heavy atom. The summed E-state index contributed by atoms with van der Waals surface area (Å²) in [6.45, 7) is 4.06. The molecule has 7 nitrogen and oxygen atoms in total. The van der Waals surface area contributed by atoms with E-state index in [1.54, 1.807) is 6.92 Å². The van der Waals surface area contributed by atoms with E-state index in [0.717, 1.165) is 25.4 Å². The molecule has 0 amide bonds. The van der Waals surface area contributed by atoms with Crippen LogP contribution in [0, 0.1) is 11.8 Å². The number of aromatic amines is 1. The van der Waals surface area contributed by atoms with Gasteiger partial charge in [0.2, 0.25) is 0 Å². The molecule has 1 aromatic rings. The first-order valence-electron chi connectivity index (χ1n) is 8.89. The third kappa shape index (κ3) is 3.17. The fraction of sp³-hybridized carbons (Fsp3) is 0.706. The molecule has 3 N–H and O–H groups in total. The third-order valence-corrected chi connectivity index (χ3v) is 5.58. The number of piperidine rings is 1. The molecule has 7 heteroatoms. The number of carbonyl (C=O) groups is 1. The number of anilines is 1. The Balaban J connectivity index is 1.76. The molecule has 0 radical (unpaired) electrons. The molecule has 0 aromatic carbocycles. The van der Waals surface area contributed by atoms with Gasteiger partial charge in [-0.3, -0.25) is 24.0 Å². The van der Waals surface area contributed by atoms with Gasteiger partial charge < -0.3 is 5.73 Å². The predicted molar refractivity (Wildman–Crippen MR) is 92.2 cm³/mol. The lowest BCUT2D eigenvalue weighted by Crippen LogP contribution is -2.45. The summed E-state index contributed by atoms with van der Waals surface area (Å²) in [5.74, 6) is 1.13. The van der Waals surface area contributed by atoms with E-state index < -0.39 is 11.2 Å². The lowest BCUT2D eigenvalue weighted by molar-refractivity contribution is 0.0712. The average Bonchev–Trinajstić information content (AvgIpc) is 2.54. The Labute approximate surface area is 140 Å². The van der Waals surface area contributed by atoms with Gasteiger partial charge in [-0.15, -0.1) is 0 Å². The van der Waals surface area contributed by atoms with E-state index in [1.165, 1.54) is 30.3 Å². The molecule has 1 saturated heterocycles. The molecule has 1 aliphatic heterocycles. The smallest absolute Gasteiger partial charge is 0.329 e. The number of ketones is 1. The minimum absolute atomic E-state index is 0.0243. The van der Waals surface area contributed by atoms with Crippen molar-refractivity contribution in [3.05, 3.63) is 26.4 Å². The second-order valence-electron chi connectivity index (χ2n) is 7.02. The molecular formula is C17H26N4O3. The number of nitrogens with two attached hydrogens (primary N) is 1. The van der Waals surface area contributed by atoms with Crippen LogP contribution >= 0.6 is 0 Å². The van der Waals surface area contributed by atoms with Gasteiger partial charge >= 0.3 is 5.69 Å². The van der Waals surface area contributed by atoms with Crippen molar-refractivity contribution in [2.75, 3.05) is 25.4 Å². The van der Waals surface area contributed by atoms with Crippen LogP contribution in [0.4, 0.5) is 5.82 Å². The standard InChI is InChI=1S/C17H26N4O3/c1-2-21-15(18)14(16(23)19-17(21)24)13(22)10-20-8-7-11-5-3-4-6-12(11)9-20/h11-12H,2-10,18H2,1H3,(H,19,23,24)/t11-,12+/m0/s1. The number of likely N-dealkylation sites (tertiary alicyclic amines) is 1. The van der Waals surface area contributed by atoms with Crippen LogP contribution in [0.5, 0.6) is 0 Å². The first-order chi connectivity index (χ1) is 11.5. The van der Waals surface area contributed by atoms with Crippen LogP contribution in [-0.2, 0) is 6.54 Å². The van der Waals surface area contributed by atoms with Crippen LogP contribution < -0.4 is 17.0 Å². The number of nitrogens with one attached hydrogen (secondary N) is 1. The zero-order valence-electron chi connectivity index (χ0n) is 14.2. The van der Waals surface area contributed by atoms with Gasteiger partial charge in [-0.1, -0.05) is 19.3 Å². The fourth-order valence-corrected chi connectivity index (χ4v) is 4.27. The molecule has 3 rings (SSSR count). The van der Waals surface area contributed by atoms with Crippen molar-refractivity contribution in [1.29, 1.82) is 0 Å². The Morgan fingerprint density at radius 1 is 1.21 bits per heavy atom. The largest absolute Gasteiger partial charge is 0.384 e. The summed E-state index contributed by atoms with van der Waals surface area (Å²) in [6, 6.07) is 0. The van der Waals surface area contributed by atoms with E-state index in [9.17, 15) is 14.4 Å². The number of fused-ring (bicyclic) bond motifs is 1. The zero-order valence-corrected chi connectivity index (χ0v) is 14.2. The maximum atomic E-state index is 12.6. The monoisotopic (exact) mass is 334 g/mol. The van der Waals surface area contributed by atoms with E-state index in [1.807, 2.05) is 0 Å². The van der Waals surface area contributed by atoms with Gasteiger partial charge in [-0.2, -0.15) is 0 Å². The molecule has 132 valence electrons. The molecule has 2 fully saturated rings. The topological polar surface area (TPSA) is 101 Å². The summed E-state index contributed by atoms with van der Waals surface area (Å²) < 4.78 is 1.22. The van der Waals surface area contributed by atoms with Gasteiger partial charge in [-0.25, -0.2) is 4.79 Å². The number of H-pyrrole nitrogens is 1. The number of hydrogen-bond donors (Lipinski definition) is 2. The Kier molecular flexibility index (Phi) is 4.89. The van der Waals surface area contributed by atoms with E-state index in [0.29, 0.717) is 12.5 Å². The maximum absolute atomic E-state index is 12.6. The molecule has 24 heavy (non-hydrogen) atoms. The molecule has 0 bridgehead atoms. The van der Waals surface area contributed by atoms with Crippen LogP contribution in [0.2, 0.25) is 0 Å². The SMILES string of the molecule is CCn1c(N)c(C(=O)CN2CC[C@@H]3CCCC[C@@H]3C2)c(=O)[nH]c1=O. The Morgan fingerprint density at radius 2 is 1.92 bits per heavy atom. The summed E-state index contributed by atoms with van der Waals surface area (Å²) in [5, 5.41) is 0. The number of aromatic nitrogens is 2. The number of rotatable bonds is 4. The number of Topliss-reactive ketones (excluding diaryl/α,β-unsaturated/α-hetero) is 1. The quantitative estimate of drug-likeness (QED) is 0.794. The van der Waals surface area contributed by atoms with E-state index >= 15 is 0 Å². The van der Waals surface area contributed by atoms with Crippen molar-refractivity contribution in [1.82, 2.24) is 14.5 Å². The summed E-state index contributed by atoms with van der Waals surface area (Å²) in [7, 11) is 0. The molecule has 2 atom stereocenters. The van der Waals surface area contributed by atoms with Gasteiger partial charge in [0.05, 0.1) is 6.54 Å². The van der Waals surface area contributed by atoms with Crippen LogP contribution in [0.15, 0.2) is 9.59 Å². The number of nitrogen functional groups attached to an aromatic ring is 1. The van der Waals surface area contributed by atoms with Crippen molar-refractivity contribution < 1.29 is 4.79 Å². The van der Waals surface area contributed by atoms with Crippen LogP contribution in [0.25, 0.3) is 0 Å². The van der Waals surface area contributed by atoms with E-state index in [-0.39, 0.29) is 23.7 Å². The van der Waals surface area contributed by atoms with Crippen molar-refractivity contribution in [3.8, 4) is 0 Å². The van der Waals surface area contributed by atoms with Gasteiger partial charge in [0.25, 0.3) is 5.56 Å². The first kappa shape index (κ1) is 17.0. The summed E-state index contributed by atoms with van der Waals surface area (Å²) in [4.78, 5) is 40.7. The molecular weight excluding hydrogens is 308 g/mol. The molecule has 0 spiro atoms. The van der Waals surface area contributed by atoms with Crippen molar-refractivity contribution >= 4 is 11.6 Å². The highest BCUT2D eigenvalue weighted by Gasteiger charge is 2.32. The van der Waals surface area contributed by atoms with Crippen molar-refractivity contribution in [2.24, 2.45) is 11.8 Å². The second-order valence-corrected chi connectivity index (χ2v) is 7.02. The molecule has 2 aliphatic rings. The normalized spacial score (nSPS) is 24.5. The number of nitrogens with zero attached hydrogens (tertiary/aromatic N) is 2. The molecule has 1 saturated carbocycles. The number of carbonyl (C=O) groups excluding carboxylic acids is 1. The summed E-state index contributed by atoms with van der Waals surface area (Å²) in [5.41, 5.74) is 4.58. The second kappa shape index (κ2) is 6.93. The van der Waals surface area contributed by atoms with Gasteiger partial charge in [0.1, 0.15) is 11.4 Å². The minimum atomic E-state index is -0.681. The Hall–Kier alpha value is -1.89. The molecule has 1 aliphatic carbocycles. The lowest BCUT2D eigenvalue weighted by Gasteiger charge is -2.41. The molecule has 0 unspecified atom stereocenters. The first-order valence-corrected chi connectivity index (χ1v) is 8.89. The average molecular weight is 334 g/mol. The van der Waals surface area contributed by atoms with Gasteiger partial charge in [0, 0.05) is 13.1 Å². The fourth-order valence-electron chi connectivity index (χ4n) is 4.27. The molecule has 1 aromatic heterocycles. The zero-order chi connectivity index (χ0) is 17.3. The molecule has 2 heterocycles. The van der Waals surface area contributed by atoms with Crippen LogP contribution in [0.1, 0.15) is 49.4 Å². The number of hydrogen-bond acceptors (Lipinski definition) is 5. The predicted octanol–water partition coefficient (Wildman–Crippen LogP) is 0.834. The van der Waals surface area contributed by atoms with Crippen LogP contribution in [0.3, 0.4) is 0 Å². The minimum Gasteiger partial charge on any atom is -0.384 e. The summed E-state index contributed by atoms with van der Waals surface area (Å²) in [6.07, 6.45) is 6.26. The van der Waals surface area contributed by atoms with E-state index in [2.05, 4.69) is 9.88 Å². The van der Waals surface area contributed by atoms with Crippen LogP contribution in [-0.4, -0.2) is 39.9 Å². The van der Waals surface area contributed by atoms with Gasteiger partial charge in [0.15, 0.2) is 5.78 Å². The van der Waals surface area contributed by atoms with Gasteiger partial charge in [-0.05, 0) is 38.1 Å².